The Morgan fingerprint density at radius 2 is 1.65 bits per heavy atom. The van der Waals surface area contributed by atoms with Crippen molar-refractivity contribution in [3.63, 3.8) is 0 Å². The molecule has 0 spiro atoms. The fourth-order valence-electron chi connectivity index (χ4n) is 3.17. The van der Waals surface area contributed by atoms with Crippen LogP contribution in [0.3, 0.4) is 0 Å². The van der Waals surface area contributed by atoms with Gasteiger partial charge in [0.25, 0.3) is 0 Å². The van der Waals surface area contributed by atoms with Gasteiger partial charge in [0.1, 0.15) is 0 Å². The standard InChI is InChI=1S/C17H25N7O2.C8H7F3/c18-9-17(21,10-19)6-13(20)16(26)23-8-15(25)24-12-5-11-3-1-2-4-14(11)22-7-12;1-6-2-4-7(5-3-6)8(9,10)11/h1-5,7,13H,6,8-10,18-21H2,(H,23,26)(H,24,25);2-5H,1H3. The van der Waals surface area contributed by atoms with E-state index in [1.807, 2.05) is 24.3 Å². The first kappa shape index (κ1) is 29.6. The Morgan fingerprint density at radius 3 is 2.24 bits per heavy atom. The summed E-state index contributed by atoms with van der Waals surface area (Å²) in [5.74, 6) is -0.882. The molecule has 1 heterocycles. The molecule has 37 heavy (non-hydrogen) atoms. The molecule has 10 N–H and O–H groups in total. The number of nitrogens with two attached hydrogens (primary N) is 4. The topological polar surface area (TPSA) is 175 Å². The van der Waals surface area contributed by atoms with Gasteiger partial charge in [0.05, 0.1) is 35.6 Å². The van der Waals surface area contributed by atoms with Crippen molar-refractivity contribution in [3.8, 4) is 0 Å². The minimum absolute atomic E-state index is 0.111. The first-order valence-electron chi connectivity index (χ1n) is 11.4. The molecule has 0 saturated heterocycles. The lowest BCUT2D eigenvalue weighted by Gasteiger charge is -2.28. The van der Waals surface area contributed by atoms with Crippen LogP contribution in [0, 0.1) is 6.92 Å². The number of alkyl halides is 3. The minimum Gasteiger partial charge on any atom is -0.346 e. The molecule has 1 aromatic heterocycles. The highest BCUT2D eigenvalue weighted by Gasteiger charge is 2.30. The molecule has 1 unspecified atom stereocenters. The first-order chi connectivity index (χ1) is 17.4. The number of hydrogen-bond acceptors (Lipinski definition) is 7. The van der Waals surface area contributed by atoms with Gasteiger partial charge in [-0.3, -0.25) is 14.6 Å². The summed E-state index contributed by atoms with van der Waals surface area (Å²) in [4.78, 5) is 28.3. The number of pyridine rings is 1. The van der Waals surface area contributed by atoms with Crippen molar-refractivity contribution < 1.29 is 22.8 Å². The molecular formula is C25H32F3N7O2. The Balaban J connectivity index is 0.000000364. The van der Waals surface area contributed by atoms with Crippen LogP contribution in [-0.4, -0.2) is 48.0 Å². The van der Waals surface area contributed by atoms with Gasteiger partial charge in [-0.05, 0) is 37.6 Å². The van der Waals surface area contributed by atoms with E-state index in [2.05, 4.69) is 15.6 Å². The molecule has 12 heteroatoms. The molecule has 2 aromatic carbocycles. The maximum absolute atomic E-state index is 12.0. The predicted molar refractivity (Wildman–Crippen MR) is 137 cm³/mol. The maximum atomic E-state index is 12.0. The number of amides is 2. The number of benzene rings is 2. The van der Waals surface area contributed by atoms with Crippen LogP contribution < -0.4 is 33.6 Å². The monoisotopic (exact) mass is 519 g/mol. The average Bonchev–Trinajstić information content (AvgIpc) is 2.87. The molecule has 0 aliphatic rings. The van der Waals surface area contributed by atoms with Crippen molar-refractivity contribution >= 4 is 28.4 Å². The van der Waals surface area contributed by atoms with Gasteiger partial charge in [-0.2, -0.15) is 13.2 Å². The second-order valence-electron chi connectivity index (χ2n) is 8.63. The maximum Gasteiger partial charge on any atom is 0.416 e. The van der Waals surface area contributed by atoms with E-state index in [4.69, 9.17) is 22.9 Å². The van der Waals surface area contributed by atoms with Crippen molar-refractivity contribution in [2.45, 2.75) is 31.1 Å². The van der Waals surface area contributed by atoms with Crippen molar-refractivity contribution in [1.82, 2.24) is 10.3 Å². The van der Waals surface area contributed by atoms with Gasteiger partial charge in [0.2, 0.25) is 11.8 Å². The molecule has 0 radical (unpaired) electrons. The molecule has 3 rings (SSSR count). The smallest absolute Gasteiger partial charge is 0.346 e. The first-order valence-corrected chi connectivity index (χ1v) is 11.4. The summed E-state index contributed by atoms with van der Waals surface area (Å²) in [6, 6.07) is 13.5. The fraction of sp³-hybridized carbons (Fsp3) is 0.320. The van der Waals surface area contributed by atoms with Gasteiger partial charge in [-0.15, -0.1) is 0 Å². The third kappa shape index (κ3) is 9.42. The second kappa shape index (κ2) is 13.1. The van der Waals surface area contributed by atoms with E-state index in [9.17, 15) is 22.8 Å². The molecule has 2 amide bonds. The van der Waals surface area contributed by atoms with E-state index in [0.29, 0.717) is 5.69 Å². The van der Waals surface area contributed by atoms with Crippen molar-refractivity contribution in [2.75, 3.05) is 25.0 Å². The normalized spacial score (nSPS) is 12.3. The van der Waals surface area contributed by atoms with E-state index >= 15 is 0 Å². The lowest BCUT2D eigenvalue weighted by atomic mass is 9.92. The van der Waals surface area contributed by atoms with E-state index < -0.39 is 29.2 Å². The number of aryl methyl sites for hydroxylation is 1. The zero-order valence-corrected chi connectivity index (χ0v) is 20.4. The van der Waals surface area contributed by atoms with Crippen LogP contribution in [0.15, 0.2) is 60.8 Å². The summed E-state index contributed by atoms with van der Waals surface area (Å²) in [5.41, 5.74) is 23.6. The number of hydrogen-bond donors (Lipinski definition) is 6. The summed E-state index contributed by atoms with van der Waals surface area (Å²) < 4.78 is 35.8. The van der Waals surface area contributed by atoms with Gasteiger partial charge in [0, 0.05) is 24.0 Å². The third-order valence-electron chi connectivity index (χ3n) is 5.45. The number of halogens is 3. The van der Waals surface area contributed by atoms with E-state index in [0.717, 1.165) is 28.6 Å². The molecule has 200 valence electrons. The molecule has 0 bridgehead atoms. The van der Waals surface area contributed by atoms with Crippen molar-refractivity contribution in [1.29, 1.82) is 0 Å². The van der Waals surface area contributed by atoms with Crippen LogP contribution in [0.25, 0.3) is 10.9 Å². The molecular weight excluding hydrogens is 487 g/mol. The number of carbonyl (C=O) groups is 2. The molecule has 0 saturated carbocycles. The predicted octanol–water partition coefficient (Wildman–Crippen LogP) is 1.64. The van der Waals surface area contributed by atoms with Gasteiger partial charge in [-0.1, -0.05) is 35.9 Å². The number of anilines is 1. The number of nitrogens with one attached hydrogen (secondary N) is 2. The Labute approximate surface area is 212 Å². The van der Waals surface area contributed by atoms with Crippen molar-refractivity contribution in [3.05, 3.63) is 71.9 Å². The molecule has 1 atom stereocenters. The largest absolute Gasteiger partial charge is 0.416 e. The van der Waals surface area contributed by atoms with Gasteiger partial charge in [-0.25, -0.2) is 0 Å². The number of nitrogens with zero attached hydrogens (tertiary/aromatic N) is 1. The Bertz CT molecular complexity index is 1180. The quantitative estimate of drug-likeness (QED) is 0.262. The number of aromatic nitrogens is 1. The highest BCUT2D eigenvalue weighted by Crippen LogP contribution is 2.28. The lowest BCUT2D eigenvalue weighted by molar-refractivity contribution is -0.137. The van der Waals surface area contributed by atoms with Crippen molar-refractivity contribution in [2.24, 2.45) is 22.9 Å². The fourth-order valence-corrected chi connectivity index (χ4v) is 3.17. The van der Waals surface area contributed by atoms with Crippen LogP contribution in [-0.2, 0) is 15.8 Å². The number of fused-ring (bicyclic) bond motifs is 1. The molecule has 3 aromatic rings. The third-order valence-corrected chi connectivity index (χ3v) is 5.45. The zero-order chi connectivity index (χ0) is 27.6. The van der Waals surface area contributed by atoms with Crippen LogP contribution in [0.5, 0.6) is 0 Å². The lowest BCUT2D eigenvalue weighted by Crippen LogP contribution is -2.58. The van der Waals surface area contributed by atoms with Gasteiger partial charge in [0.15, 0.2) is 0 Å². The number of carbonyl (C=O) groups excluding carboxylic acids is 2. The summed E-state index contributed by atoms with van der Waals surface area (Å²) in [6.45, 7) is 1.75. The molecule has 9 nitrogen and oxygen atoms in total. The SMILES string of the molecule is Cc1ccc(C(F)(F)F)cc1.NCC(N)(CN)CC(N)C(=O)NCC(=O)Nc1cnc2ccccc2c1. The highest BCUT2D eigenvalue weighted by atomic mass is 19.4. The van der Waals surface area contributed by atoms with E-state index in [1.165, 1.54) is 12.1 Å². The average molecular weight is 520 g/mol. The Morgan fingerprint density at radius 1 is 1.03 bits per heavy atom. The molecule has 0 fully saturated rings. The molecule has 0 aliphatic heterocycles. The van der Waals surface area contributed by atoms with Crippen LogP contribution in [0.4, 0.5) is 18.9 Å². The highest BCUT2D eigenvalue weighted by molar-refractivity contribution is 5.96. The zero-order valence-electron chi connectivity index (χ0n) is 20.4. The molecule has 0 aliphatic carbocycles. The summed E-state index contributed by atoms with van der Waals surface area (Å²) in [6.07, 6.45) is -2.53. The van der Waals surface area contributed by atoms with E-state index in [-0.39, 0.29) is 32.0 Å². The number of para-hydroxylation sites is 1. The second-order valence-corrected chi connectivity index (χ2v) is 8.63. The summed E-state index contributed by atoms with van der Waals surface area (Å²) in [7, 11) is 0. The van der Waals surface area contributed by atoms with Crippen LogP contribution in [0.2, 0.25) is 0 Å². The van der Waals surface area contributed by atoms with Crippen LogP contribution >= 0.6 is 0 Å². The Kier molecular flexibility index (Phi) is 10.5. The van der Waals surface area contributed by atoms with Crippen LogP contribution in [0.1, 0.15) is 17.5 Å². The van der Waals surface area contributed by atoms with Gasteiger partial charge >= 0.3 is 6.18 Å². The van der Waals surface area contributed by atoms with E-state index in [1.54, 1.807) is 19.2 Å². The van der Waals surface area contributed by atoms with Gasteiger partial charge < -0.3 is 33.6 Å². The minimum atomic E-state index is -4.21. The number of rotatable bonds is 8. The summed E-state index contributed by atoms with van der Waals surface area (Å²) >= 11 is 0. The summed E-state index contributed by atoms with van der Waals surface area (Å²) in [5, 5.41) is 6.06. The Hall–Kier alpha value is -3.58.